The zero-order valence-electron chi connectivity index (χ0n) is 15.6. The van der Waals surface area contributed by atoms with Gasteiger partial charge in [0.1, 0.15) is 0 Å². The summed E-state index contributed by atoms with van der Waals surface area (Å²) in [5.74, 6) is 0.298. The van der Waals surface area contributed by atoms with Gasteiger partial charge in [-0.05, 0) is 30.7 Å². The summed E-state index contributed by atoms with van der Waals surface area (Å²) in [6.45, 7) is 2.68. The van der Waals surface area contributed by atoms with Crippen LogP contribution in [0.4, 0.5) is 4.39 Å². The van der Waals surface area contributed by atoms with Crippen LogP contribution in [-0.4, -0.2) is 41.1 Å². The van der Waals surface area contributed by atoms with Gasteiger partial charge in [-0.3, -0.25) is 4.79 Å². The first-order chi connectivity index (χ1) is 13.6. The Morgan fingerprint density at radius 2 is 1.93 bits per heavy atom. The normalized spacial score (nSPS) is 19.0. The molecule has 28 heavy (non-hydrogen) atoms. The lowest BCUT2D eigenvalue weighted by molar-refractivity contribution is 0.0787. The lowest BCUT2D eigenvalue weighted by atomic mass is 9.89. The quantitative estimate of drug-likeness (QED) is 0.691. The van der Waals surface area contributed by atoms with E-state index in [4.69, 9.17) is 9.26 Å². The molecular formula is C21H20FN3O3. The molecule has 2 atom stereocenters. The molecule has 1 fully saturated rings. The number of benzene rings is 2. The Kier molecular flexibility index (Phi) is 4.81. The van der Waals surface area contributed by atoms with Crippen molar-refractivity contribution >= 4 is 5.91 Å². The highest BCUT2D eigenvalue weighted by molar-refractivity contribution is 5.94. The number of aryl methyl sites for hydroxylation is 1. The lowest BCUT2D eigenvalue weighted by Crippen LogP contribution is -2.29. The van der Waals surface area contributed by atoms with Crippen molar-refractivity contribution in [2.24, 2.45) is 0 Å². The first-order valence-electron chi connectivity index (χ1n) is 9.04. The van der Waals surface area contributed by atoms with Gasteiger partial charge in [0.2, 0.25) is 5.89 Å². The van der Waals surface area contributed by atoms with Crippen LogP contribution in [0.15, 0.2) is 53.1 Å². The second-order valence-electron chi connectivity index (χ2n) is 6.86. The minimum atomic E-state index is -0.559. The monoisotopic (exact) mass is 381 g/mol. The third kappa shape index (κ3) is 3.35. The van der Waals surface area contributed by atoms with Gasteiger partial charge >= 0.3 is 0 Å². The van der Waals surface area contributed by atoms with Crippen LogP contribution < -0.4 is 4.74 Å². The maximum absolute atomic E-state index is 14.1. The van der Waals surface area contributed by atoms with Gasteiger partial charge in [0, 0.05) is 24.6 Å². The van der Waals surface area contributed by atoms with Crippen LogP contribution in [-0.2, 0) is 0 Å². The smallest absolute Gasteiger partial charge is 0.254 e. The molecule has 4 rings (SSSR count). The first kappa shape index (κ1) is 18.2. The molecule has 2 aromatic carbocycles. The maximum atomic E-state index is 14.1. The lowest BCUT2D eigenvalue weighted by Gasteiger charge is -2.17. The summed E-state index contributed by atoms with van der Waals surface area (Å²) in [6.07, 6.45) is 0. The standard InChI is InChI=1S/C21H20FN3O3/c1-13-23-20(28-24-13)17-12-25(11-16(17)14-6-4-3-5-7-14)21(26)15-8-9-19(27-2)18(22)10-15/h3-10,16-17H,11-12H2,1-2H3/t16-,17-/m1/s1. The van der Waals surface area contributed by atoms with Crippen LogP contribution in [0.2, 0.25) is 0 Å². The van der Waals surface area contributed by atoms with Gasteiger partial charge < -0.3 is 14.2 Å². The maximum Gasteiger partial charge on any atom is 0.254 e. The van der Waals surface area contributed by atoms with Gasteiger partial charge in [-0.2, -0.15) is 4.98 Å². The summed E-state index contributed by atoms with van der Waals surface area (Å²) < 4.78 is 24.4. The zero-order valence-corrected chi connectivity index (χ0v) is 15.6. The molecule has 144 valence electrons. The summed E-state index contributed by atoms with van der Waals surface area (Å²) >= 11 is 0. The SMILES string of the molecule is COc1ccc(C(=O)N2C[C@H](c3ccccc3)[C@H](c3nc(C)no3)C2)cc1F. The molecule has 1 saturated heterocycles. The molecule has 0 saturated carbocycles. The molecule has 0 spiro atoms. The first-order valence-corrected chi connectivity index (χ1v) is 9.04. The molecule has 6 nitrogen and oxygen atoms in total. The van der Waals surface area contributed by atoms with Crippen LogP contribution in [0.1, 0.15) is 39.5 Å². The van der Waals surface area contributed by atoms with Crippen molar-refractivity contribution in [3.05, 3.63) is 77.2 Å². The number of nitrogens with zero attached hydrogens (tertiary/aromatic N) is 3. The van der Waals surface area contributed by atoms with Gasteiger partial charge in [0.15, 0.2) is 17.4 Å². The van der Waals surface area contributed by atoms with Gasteiger partial charge in [-0.25, -0.2) is 4.39 Å². The second-order valence-corrected chi connectivity index (χ2v) is 6.86. The highest BCUT2D eigenvalue weighted by atomic mass is 19.1. The number of hydrogen-bond acceptors (Lipinski definition) is 5. The van der Waals surface area contributed by atoms with E-state index >= 15 is 0 Å². The molecule has 0 aliphatic carbocycles. The highest BCUT2D eigenvalue weighted by Gasteiger charge is 2.40. The number of halogens is 1. The van der Waals surface area contributed by atoms with Crippen molar-refractivity contribution < 1.29 is 18.4 Å². The number of methoxy groups -OCH3 is 1. The predicted octanol–water partition coefficient (Wildman–Crippen LogP) is 3.55. The van der Waals surface area contributed by atoms with E-state index in [1.807, 2.05) is 30.3 Å². The number of carbonyl (C=O) groups is 1. The molecule has 0 radical (unpaired) electrons. The van der Waals surface area contributed by atoms with Crippen LogP contribution >= 0.6 is 0 Å². The molecule has 1 amide bonds. The van der Waals surface area contributed by atoms with Gasteiger partial charge in [0.25, 0.3) is 5.91 Å². The second kappa shape index (κ2) is 7.42. The highest BCUT2D eigenvalue weighted by Crippen LogP contribution is 2.39. The van der Waals surface area contributed by atoms with Crippen molar-refractivity contribution in [1.29, 1.82) is 0 Å². The van der Waals surface area contributed by atoms with Crippen molar-refractivity contribution in [1.82, 2.24) is 15.0 Å². The molecule has 0 bridgehead atoms. The largest absolute Gasteiger partial charge is 0.494 e. The van der Waals surface area contributed by atoms with Crippen molar-refractivity contribution in [2.75, 3.05) is 20.2 Å². The number of likely N-dealkylation sites (tertiary alicyclic amines) is 1. The molecule has 1 aromatic heterocycles. The van der Waals surface area contributed by atoms with Gasteiger partial charge in [-0.15, -0.1) is 0 Å². The van der Waals surface area contributed by atoms with E-state index in [1.54, 1.807) is 17.9 Å². The fraction of sp³-hybridized carbons (Fsp3) is 0.286. The Bertz CT molecular complexity index is 990. The van der Waals surface area contributed by atoms with Crippen molar-refractivity contribution in [3.8, 4) is 5.75 Å². The number of aromatic nitrogens is 2. The molecule has 0 unspecified atom stereocenters. The van der Waals surface area contributed by atoms with E-state index in [0.717, 1.165) is 5.56 Å². The van der Waals surface area contributed by atoms with Crippen molar-refractivity contribution in [3.63, 3.8) is 0 Å². The number of amides is 1. The number of ether oxygens (including phenoxy) is 1. The summed E-state index contributed by atoms with van der Waals surface area (Å²) in [5, 5.41) is 3.90. The minimum absolute atomic E-state index is 0.0214. The molecule has 1 aliphatic rings. The van der Waals surface area contributed by atoms with Crippen LogP contribution in [0.25, 0.3) is 0 Å². The van der Waals surface area contributed by atoms with E-state index in [-0.39, 0.29) is 29.1 Å². The topological polar surface area (TPSA) is 68.5 Å². The summed E-state index contributed by atoms with van der Waals surface area (Å²) in [6, 6.07) is 14.2. The average molecular weight is 381 g/mol. The third-order valence-electron chi connectivity index (χ3n) is 5.09. The van der Waals surface area contributed by atoms with E-state index < -0.39 is 5.82 Å². The summed E-state index contributed by atoms with van der Waals surface area (Å²) in [7, 11) is 1.39. The summed E-state index contributed by atoms with van der Waals surface area (Å²) in [5.41, 5.74) is 1.38. The van der Waals surface area contributed by atoms with E-state index in [0.29, 0.717) is 24.8 Å². The third-order valence-corrected chi connectivity index (χ3v) is 5.09. The zero-order chi connectivity index (χ0) is 19.7. The molecule has 3 aromatic rings. The van der Waals surface area contributed by atoms with E-state index in [2.05, 4.69) is 10.1 Å². The van der Waals surface area contributed by atoms with Crippen LogP contribution in [0, 0.1) is 12.7 Å². The Hall–Kier alpha value is -3.22. The number of hydrogen-bond donors (Lipinski definition) is 0. The Morgan fingerprint density at radius 3 is 2.57 bits per heavy atom. The molecule has 7 heteroatoms. The Morgan fingerprint density at radius 1 is 1.18 bits per heavy atom. The predicted molar refractivity (Wildman–Crippen MR) is 99.8 cm³/mol. The molecular weight excluding hydrogens is 361 g/mol. The van der Waals surface area contributed by atoms with Crippen LogP contribution in [0.3, 0.4) is 0 Å². The summed E-state index contributed by atoms with van der Waals surface area (Å²) in [4.78, 5) is 19.1. The Labute approximate surface area is 161 Å². The average Bonchev–Trinajstić information content (AvgIpc) is 3.34. The Balaban J connectivity index is 1.64. The van der Waals surface area contributed by atoms with E-state index in [1.165, 1.54) is 19.2 Å². The van der Waals surface area contributed by atoms with Crippen molar-refractivity contribution in [2.45, 2.75) is 18.8 Å². The fourth-order valence-electron chi connectivity index (χ4n) is 3.70. The van der Waals surface area contributed by atoms with Gasteiger partial charge in [0.05, 0.1) is 13.0 Å². The number of rotatable bonds is 4. The number of carbonyl (C=O) groups excluding carboxylic acids is 1. The molecule has 1 aliphatic heterocycles. The van der Waals surface area contributed by atoms with Crippen LogP contribution in [0.5, 0.6) is 5.75 Å². The molecule has 0 N–H and O–H groups in total. The minimum Gasteiger partial charge on any atom is -0.494 e. The molecule has 2 heterocycles. The fourth-order valence-corrected chi connectivity index (χ4v) is 3.70. The van der Waals surface area contributed by atoms with Gasteiger partial charge in [-0.1, -0.05) is 35.5 Å². The van der Waals surface area contributed by atoms with E-state index in [9.17, 15) is 9.18 Å².